The van der Waals surface area contributed by atoms with Gasteiger partial charge in [-0.15, -0.1) is 0 Å². The minimum Gasteiger partial charge on any atom is -0.465 e. The summed E-state index contributed by atoms with van der Waals surface area (Å²) in [4.78, 5) is 36.1. The Hall–Kier alpha value is -2.11. The molecule has 0 aromatic rings. The van der Waals surface area contributed by atoms with E-state index in [1.807, 2.05) is 0 Å². The SMILES string of the molecule is CC(=O)OC[C@]1(C)CC2=C3C=C[C@@H]4[C@@]5(C)CC[C@H](OC(C)=O)C(C)(C)[C@H]5CC[C@@]4(C)[C@]3(C)CC[C@@]2(C)[C@@H](OC(C)=O)C1. The normalized spacial score (nSPS) is 45.5. The maximum absolute atomic E-state index is 12.3. The number of allylic oxidation sites excluding steroid dienone is 3. The van der Waals surface area contributed by atoms with Crippen LogP contribution in [0.4, 0.5) is 0 Å². The molecule has 5 rings (SSSR count). The number of hydrogen-bond acceptors (Lipinski definition) is 6. The third-order valence-corrected chi connectivity index (χ3v) is 13.5. The Morgan fingerprint density at radius 3 is 2.07 bits per heavy atom. The van der Waals surface area contributed by atoms with Crippen molar-refractivity contribution in [1.29, 1.82) is 0 Å². The summed E-state index contributed by atoms with van der Waals surface area (Å²) in [6.07, 6.45) is 12.4. The van der Waals surface area contributed by atoms with Gasteiger partial charge in [0.2, 0.25) is 0 Å². The first-order chi connectivity index (χ1) is 19.3. The fourth-order valence-corrected chi connectivity index (χ4v) is 11.0. The highest BCUT2D eigenvalue weighted by atomic mass is 16.6. The number of carbonyl (C=O) groups excluding carboxylic acids is 3. The van der Waals surface area contributed by atoms with Crippen LogP contribution in [0.15, 0.2) is 23.3 Å². The Balaban J connectivity index is 1.60. The Bertz CT molecular complexity index is 1230. The maximum atomic E-state index is 12.3. The number of fused-ring (bicyclic) bond motifs is 6. The van der Waals surface area contributed by atoms with Crippen molar-refractivity contribution < 1.29 is 28.6 Å². The lowest BCUT2D eigenvalue weighted by Gasteiger charge is -2.69. The number of rotatable bonds is 4. The van der Waals surface area contributed by atoms with Gasteiger partial charge in [0, 0.05) is 37.0 Å². The third kappa shape index (κ3) is 4.51. The number of esters is 3. The van der Waals surface area contributed by atoms with Crippen LogP contribution >= 0.6 is 0 Å². The fourth-order valence-electron chi connectivity index (χ4n) is 11.0. The molecule has 3 fully saturated rings. The lowest BCUT2D eigenvalue weighted by molar-refractivity contribution is -0.198. The van der Waals surface area contributed by atoms with Crippen molar-refractivity contribution in [3.8, 4) is 0 Å². The molecule has 6 nitrogen and oxygen atoms in total. The summed E-state index contributed by atoms with van der Waals surface area (Å²) in [6.45, 7) is 21.5. The number of ether oxygens (including phenoxy) is 3. The zero-order chi connectivity index (χ0) is 31.1. The van der Waals surface area contributed by atoms with E-state index >= 15 is 0 Å². The first kappa shape index (κ1) is 31.3. The van der Waals surface area contributed by atoms with Crippen LogP contribution in [-0.4, -0.2) is 36.7 Å². The molecule has 0 bridgehead atoms. The molecule has 0 aromatic carbocycles. The highest BCUT2D eigenvalue weighted by Crippen LogP contribution is 2.74. The van der Waals surface area contributed by atoms with Crippen molar-refractivity contribution in [2.45, 2.75) is 133 Å². The maximum Gasteiger partial charge on any atom is 0.302 e. The van der Waals surface area contributed by atoms with Crippen molar-refractivity contribution >= 4 is 17.9 Å². The Morgan fingerprint density at radius 2 is 1.45 bits per heavy atom. The van der Waals surface area contributed by atoms with Crippen LogP contribution in [0.3, 0.4) is 0 Å². The first-order valence-electron chi connectivity index (χ1n) is 16.2. The summed E-state index contributed by atoms with van der Waals surface area (Å²) >= 11 is 0. The van der Waals surface area contributed by atoms with E-state index in [9.17, 15) is 14.4 Å². The molecule has 0 N–H and O–H groups in total. The van der Waals surface area contributed by atoms with Gasteiger partial charge in [-0.25, -0.2) is 0 Å². The Kier molecular flexibility index (Phi) is 7.42. The fraction of sp³-hybridized carbons (Fsp3) is 0.806. The largest absolute Gasteiger partial charge is 0.465 e. The summed E-state index contributed by atoms with van der Waals surface area (Å²) < 4.78 is 17.6. The lowest BCUT2D eigenvalue weighted by Crippen LogP contribution is -2.63. The summed E-state index contributed by atoms with van der Waals surface area (Å²) in [6, 6.07) is 0. The second kappa shape index (κ2) is 9.95. The van der Waals surface area contributed by atoms with Gasteiger partial charge in [-0.05, 0) is 85.0 Å². The predicted octanol–water partition coefficient (Wildman–Crippen LogP) is 7.74. The van der Waals surface area contributed by atoms with E-state index in [-0.39, 0.29) is 62.6 Å². The van der Waals surface area contributed by atoms with Crippen LogP contribution in [0, 0.1) is 44.3 Å². The van der Waals surface area contributed by atoms with E-state index in [4.69, 9.17) is 14.2 Å². The summed E-state index contributed by atoms with van der Waals surface area (Å²) in [5, 5.41) is 0. The molecule has 0 heterocycles. The van der Waals surface area contributed by atoms with Gasteiger partial charge in [-0.2, -0.15) is 0 Å². The first-order valence-corrected chi connectivity index (χ1v) is 16.2. The molecule has 0 radical (unpaired) electrons. The minimum absolute atomic E-state index is 0.0213. The molecule has 5 aliphatic carbocycles. The van der Waals surface area contributed by atoms with Crippen LogP contribution in [0.5, 0.6) is 0 Å². The Labute approximate surface area is 253 Å². The number of carbonyl (C=O) groups is 3. The molecule has 0 aromatic heterocycles. The highest BCUT2D eigenvalue weighted by molar-refractivity contribution is 5.67. The minimum atomic E-state index is -0.305. The third-order valence-electron chi connectivity index (χ3n) is 13.5. The van der Waals surface area contributed by atoms with Gasteiger partial charge in [0.25, 0.3) is 0 Å². The van der Waals surface area contributed by atoms with Crippen LogP contribution in [0.2, 0.25) is 0 Å². The van der Waals surface area contributed by atoms with E-state index in [1.165, 1.54) is 31.9 Å². The molecule has 9 atom stereocenters. The predicted molar refractivity (Wildman–Crippen MR) is 162 cm³/mol. The van der Waals surface area contributed by atoms with E-state index < -0.39 is 0 Å². The Morgan fingerprint density at radius 1 is 0.810 bits per heavy atom. The highest BCUT2D eigenvalue weighted by Gasteiger charge is 2.67. The molecule has 0 saturated heterocycles. The van der Waals surface area contributed by atoms with Crippen LogP contribution in [-0.2, 0) is 28.6 Å². The average Bonchev–Trinajstić information content (AvgIpc) is 2.86. The second-order valence-electron chi connectivity index (χ2n) is 16.5. The van der Waals surface area contributed by atoms with Crippen molar-refractivity contribution in [2.75, 3.05) is 6.61 Å². The van der Waals surface area contributed by atoms with Crippen LogP contribution in [0.1, 0.15) is 121 Å². The second-order valence-corrected chi connectivity index (χ2v) is 16.5. The van der Waals surface area contributed by atoms with Gasteiger partial charge in [0.15, 0.2) is 0 Å². The molecular formula is C36H54O6. The standard InChI is InChI=1S/C36H54O6/c1-22(37)40-21-32(6)19-26-25-11-12-28-34(8)15-14-29(41-23(2)38)31(4,5)27(34)13-16-36(28,10)35(25,9)18-17-33(26,7)30(20-32)42-24(3)39/h11-12,27-30H,13-21H2,1-10H3/t27-,28-,29+,30+,32-,33-,34+,35-,36-/m1/s1. The van der Waals surface area contributed by atoms with Crippen LogP contribution < -0.4 is 0 Å². The molecular weight excluding hydrogens is 528 g/mol. The smallest absolute Gasteiger partial charge is 0.302 e. The summed E-state index contributed by atoms with van der Waals surface area (Å²) in [5.74, 6) is 0.182. The zero-order valence-electron chi connectivity index (χ0n) is 27.8. The molecule has 42 heavy (non-hydrogen) atoms. The molecule has 0 aliphatic heterocycles. The van der Waals surface area contributed by atoms with E-state index in [2.05, 4.69) is 60.6 Å². The molecule has 5 aliphatic rings. The van der Waals surface area contributed by atoms with E-state index in [0.717, 1.165) is 44.9 Å². The van der Waals surface area contributed by atoms with Crippen LogP contribution in [0.25, 0.3) is 0 Å². The topological polar surface area (TPSA) is 78.9 Å². The number of hydrogen-bond donors (Lipinski definition) is 0. The van der Waals surface area contributed by atoms with Gasteiger partial charge in [-0.1, -0.05) is 66.2 Å². The van der Waals surface area contributed by atoms with Gasteiger partial charge in [-0.3, -0.25) is 14.4 Å². The van der Waals surface area contributed by atoms with Crippen molar-refractivity contribution in [2.24, 2.45) is 44.3 Å². The zero-order valence-corrected chi connectivity index (χ0v) is 27.8. The molecule has 0 amide bonds. The van der Waals surface area contributed by atoms with E-state index in [0.29, 0.717) is 24.9 Å². The van der Waals surface area contributed by atoms with Gasteiger partial charge >= 0.3 is 17.9 Å². The molecule has 6 heteroatoms. The van der Waals surface area contributed by atoms with Crippen molar-refractivity contribution in [1.82, 2.24) is 0 Å². The monoisotopic (exact) mass is 582 g/mol. The molecule has 0 spiro atoms. The van der Waals surface area contributed by atoms with Crippen molar-refractivity contribution in [3.05, 3.63) is 23.3 Å². The lowest BCUT2D eigenvalue weighted by atomic mass is 9.35. The average molecular weight is 583 g/mol. The van der Waals surface area contributed by atoms with Gasteiger partial charge in [0.05, 0.1) is 6.61 Å². The van der Waals surface area contributed by atoms with Crippen molar-refractivity contribution in [3.63, 3.8) is 0 Å². The molecule has 3 saturated carbocycles. The summed E-state index contributed by atoms with van der Waals surface area (Å²) in [5.41, 5.74) is 2.35. The molecule has 234 valence electrons. The van der Waals surface area contributed by atoms with Gasteiger partial charge in [0.1, 0.15) is 12.2 Å². The molecule has 0 unspecified atom stereocenters. The van der Waals surface area contributed by atoms with Gasteiger partial charge < -0.3 is 14.2 Å². The van der Waals surface area contributed by atoms with E-state index in [1.54, 1.807) is 0 Å². The summed E-state index contributed by atoms with van der Waals surface area (Å²) in [7, 11) is 0. The quantitative estimate of drug-likeness (QED) is 0.249.